The summed E-state index contributed by atoms with van der Waals surface area (Å²) < 4.78 is 38.6. The van der Waals surface area contributed by atoms with Crippen LogP contribution in [0.1, 0.15) is 29.7 Å². The third-order valence-electron chi connectivity index (χ3n) is 3.81. The van der Waals surface area contributed by atoms with Crippen LogP contribution in [0, 0.1) is 11.6 Å². The van der Waals surface area contributed by atoms with Crippen LogP contribution < -0.4 is 0 Å². The van der Waals surface area contributed by atoms with Crippen molar-refractivity contribution in [3.8, 4) is 0 Å². The van der Waals surface area contributed by atoms with Crippen LogP contribution in [0.25, 0.3) is 0 Å². The summed E-state index contributed by atoms with van der Waals surface area (Å²) in [6, 6.07) is 11.2. The molecule has 0 aromatic heterocycles. The number of halogens is 2. The lowest BCUT2D eigenvalue weighted by Crippen LogP contribution is -2.07. The number of hydrogen-bond donors (Lipinski definition) is 0. The van der Waals surface area contributed by atoms with Crippen LogP contribution in [0.5, 0.6) is 0 Å². The van der Waals surface area contributed by atoms with Crippen molar-refractivity contribution in [2.45, 2.75) is 19.6 Å². The van der Waals surface area contributed by atoms with E-state index in [2.05, 4.69) is 11.6 Å². The fourth-order valence-electron chi connectivity index (χ4n) is 2.56. The molecule has 1 heterocycles. The van der Waals surface area contributed by atoms with Gasteiger partial charge >= 0.3 is 0 Å². The lowest BCUT2D eigenvalue weighted by molar-refractivity contribution is 0.143. The molecule has 0 amide bonds. The van der Waals surface area contributed by atoms with Gasteiger partial charge in [0.15, 0.2) is 0 Å². The smallest absolute Gasteiger partial charge is 0.222 e. The summed E-state index contributed by atoms with van der Waals surface area (Å²) >= 11 is 0. The van der Waals surface area contributed by atoms with Gasteiger partial charge in [0.25, 0.3) is 0 Å². The Kier molecular flexibility index (Phi) is 5.24. The van der Waals surface area contributed by atoms with Gasteiger partial charge in [0.2, 0.25) is 5.90 Å². The normalized spacial score (nSPS) is 16.4. The van der Waals surface area contributed by atoms with E-state index in [9.17, 15) is 8.78 Å². The lowest BCUT2D eigenvalue weighted by Gasteiger charge is -2.08. The first-order valence-corrected chi connectivity index (χ1v) is 8.00. The van der Waals surface area contributed by atoms with Crippen molar-refractivity contribution in [2.75, 3.05) is 13.2 Å². The van der Waals surface area contributed by atoms with Gasteiger partial charge in [-0.1, -0.05) is 42.5 Å². The maximum absolute atomic E-state index is 13.8. The Morgan fingerprint density at radius 1 is 1.20 bits per heavy atom. The second kappa shape index (κ2) is 7.57. The van der Waals surface area contributed by atoms with Gasteiger partial charge in [-0.25, -0.2) is 13.8 Å². The fourth-order valence-corrected chi connectivity index (χ4v) is 2.56. The summed E-state index contributed by atoms with van der Waals surface area (Å²) in [6.07, 6.45) is 0. The molecule has 2 aromatic carbocycles. The van der Waals surface area contributed by atoms with E-state index >= 15 is 0 Å². The van der Waals surface area contributed by atoms with Crippen molar-refractivity contribution in [3.63, 3.8) is 0 Å². The lowest BCUT2D eigenvalue weighted by atomic mass is 10.1. The van der Waals surface area contributed by atoms with Crippen LogP contribution in [0.4, 0.5) is 8.78 Å². The minimum Gasteiger partial charge on any atom is -0.475 e. The Morgan fingerprint density at radius 3 is 2.52 bits per heavy atom. The van der Waals surface area contributed by atoms with Crippen LogP contribution in [0.15, 0.2) is 59.6 Å². The molecule has 0 fully saturated rings. The van der Waals surface area contributed by atoms with Gasteiger partial charge in [0.1, 0.15) is 29.8 Å². The Morgan fingerprint density at radius 2 is 1.88 bits per heavy atom. The molecule has 0 spiro atoms. The highest BCUT2D eigenvalue weighted by Crippen LogP contribution is 2.27. The molecule has 1 aliphatic heterocycles. The molecule has 130 valence electrons. The number of ether oxygens (including phenoxy) is 2. The van der Waals surface area contributed by atoms with Gasteiger partial charge in [0, 0.05) is 0 Å². The maximum atomic E-state index is 13.8. The fraction of sp³-hybridized carbons (Fsp3) is 0.250. The first-order valence-electron chi connectivity index (χ1n) is 8.00. The van der Waals surface area contributed by atoms with E-state index in [-0.39, 0.29) is 24.1 Å². The summed E-state index contributed by atoms with van der Waals surface area (Å²) in [5.41, 5.74) is 2.72. The second-order valence-corrected chi connectivity index (χ2v) is 6.05. The molecule has 3 nitrogen and oxygen atoms in total. The number of aliphatic imine (C=N–C) groups is 1. The summed E-state index contributed by atoms with van der Waals surface area (Å²) in [5, 5.41) is 0. The molecule has 0 N–H and O–H groups in total. The minimum atomic E-state index is -0.676. The van der Waals surface area contributed by atoms with Gasteiger partial charge in [-0.05, 0) is 30.2 Å². The zero-order valence-corrected chi connectivity index (χ0v) is 14.0. The third-order valence-corrected chi connectivity index (χ3v) is 3.81. The van der Waals surface area contributed by atoms with Gasteiger partial charge in [0.05, 0.1) is 13.2 Å². The number of hydrogen-bond acceptors (Lipinski definition) is 3. The van der Waals surface area contributed by atoms with Crippen LogP contribution in [-0.2, 0) is 16.1 Å². The third kappa shape index (κ3) is 4.12. The number of nitrogens with zero attached hydrogens (tertiary/aromatic N) is 1. The van der Waals surface area contributed by atoms with Crippen molar-refractivity contribution in [1.82, 2.24) is 0 Å². The summed E-state index contributed by atoms with van der Waals surface area (Å²) in [6.45, 7) is 6.99. The van der Waals surface area contributed by atoms with Gasteiger partial charge in [-0.3, -0.25) is 0 Å². The summed E-state index contributed by atoms with van der Waals surface area (Å²) in [4.78, 5) is 4.34. The van der Waals surface area contributed by atoms with Crippen LogP contribution >= 0.6 is 0 Å². The summed E-state index contributed by atoms with van der Waals surface area (Å²) in [5.74, 6) is -1.34. The molecule has 3 rings (SSSR count). The van der Waals surface area contributed by atoms with Gasteiger partial charge in [-0.15, -0.1) is 0 Å². The minimum absolute atomic E-state index is 0.00877. The predicted octanol–water partition coefficient (Wildman–Crippen LogP) is 4.58. The molecule has 0 saturated heterocycles. The molecule has 0 aliphatic carbocycles. The van der Waals surface area contributed by atoms with Crippen molar-refractivity contribution in [2.24, 2.45) is 4.99 Å². The van der Waals surface area contributed by atoms with E-state index in [1.807, 2.05) is 31.2 Å². The first-order chi connectivity index (χ1) is 12.0. The Bertz CT molecular complexity index is 780. The Hall–Kier alpha value is -2.53. The molecule has 0 saturated carbocycles. The molecule has 1 atom stereocenters. The van der Waals surface area contributed by atoms with E-state index in [1.54, 1.807) is 0 Å². The van der Waals surface area contributed by atoms with Crippen molar-refractivity contribution < 1.29 is 18.3 Å². The quantitative estimate of drug-likeness (QED) is 0.719. The molecule has 0 radical (unpaired) electrons. The average molecular weight is 343 g/mol. The van der Waals surface area contributed by atoms with Crippen LogP contribution in [-0.4, -0.2) is 19.1 Å². The average Bonchev–Trinajstić information content (AvgIpc) is 3.04. The highest BCUT2D eigenvalue weighted by atomic mass is 19.1. The Balaban J connectivity index is 1.71. The number of benzene rings is 2. The van der Waals surface area contributed by atoms with E-state index in [0.29, 0.717) is 13.2 Å². The highest BCUT2D eigenvalue weighted by molar-refractivity contribution is 5.95. The van der Waals surface area contributed by atoms with Gasteiger partial charge < -0.3 is 9.47 Å². The molecule has 0 bridgehead atoms. The van der Waals surface area contributed by atoms with Crippen molar-refractivity contribution >= 4 is 5.90 Å². The predicted molar refractivity (Wildman–Crippen MR) is 92.5 cm³/mol. The standard InChI is InChI=1S/C20H19F2NO2/c1-13(2)10-24-11-14-6-8-15(9-7-14)18-12-25-20(23-18)19-16(21)4-3-5-17(19)22/h3-9,18H,1,10-12H2,2H3. The summed E-state index contributed by atoms with van der Waals surface area (Å²) in [7, 11) is 0. The highest BCUT2D eigenvalue weighted by Gasteiger charge is 2.25. The molecule has 5 heteroatoms. The van der Waals surface area contributed by atoms with Crippen LogP contribution in [0.2, 0.25) is 0 Å². The van der Waals surface area contributed by atoms with Gasteiger partial charge in [-0.2, -0.15) is 0 Å². The van der Waals surface area contributed by atoms with Crippen LogP contribution in [0.3, 0.4) is 0 Å². The number of rotatable bonds is 6. The molecular weight excluding hydrogens is 324 g/mol. The molecule has 1 unspecified atom stereocenters. The van der Waals surface area contributed by atoms with E-state index < -0.39 is 11.6 Å². The Labute approximate surface area is 145 Å². The van der Waals surface area contributed by atoms with E-state index in [1.165, 1.54) is 18.2 Å². The van der Waals surface area contributed by atoms with Crippen molar-refractivity contribution in [1.29, 1.82) is 0 Å². The zero-order chi connectivity index (χ0) is 17.8. The molecule has 1 aliphatic rings. The molecule has 25 heavy (non-hydrogen) atoms. The maximum Gasteiger partial charge on any atom is 0.222 e. The zero-order valence-electron chi connectivity index (χ0n) is 14.0. The SMILES string of the molecule is C=C(C)COCc1ccc(C2COC(c3c(F)cccc3F)=N2)cc1. The topological polar surface area (TPSA) is 30.8 Å². The monoisotopic (exact) mass is 343 g/mol. The second-order valence-electron chi connectivity index (χ2n) is 6.05. The van der Waals surface area contributed by atoms with E-state index in [4.69, 9.17) is 9.47 Å². The molecular formula is C20H19F2NO2. The van der Waals surface area contributed by atoms with E-state index in [0.717, 1.165) is 16.7 Å². The molecule has 2 aromatic rings. The largest absolute Gasteiger partial charge is 0.475 e. The van der Waals surface area contributed by atoms with Crippen molar-refractivity contribution in [3.05, 3.63) is 82.9 Å². The first kappa shape index (κ1) is 17.3.